The minimum atomic E-state index is -0.165. The highest BCUT2D eigenvalue weighted by molar-refractivity contribution is 5.94. The molecule has 0 unspecified atom stereocenters. The summed E-state index contributed by atoms with van der Waals surface area (Å²) < 4.78 is 12.7. The zero-order chi connectivity index (χ0) is 40.1. The van der Waals surface area contributed by atoms with Crippen molar-refractivity contribution in [2.75, 3.05) is 9.80 Å². The van der Waals surface area contributed by atoms with Crippen molar-refractivity contribution in [2.24, 2.45) is 0 Å². The Morgan fingerprint density at radius 2 is 0.787 bits per heavy atom. The van der Waals surface area contributed by atoms with Crippen LogP contribution in [0.15, 0.2) is 194 Å². The monoisotopic (exact) mass is 782 g/mol. The molecule has 4 aliphatic rings. The van der Waals surface area contributed by atoms with Crippen molar-refractivity contribution < 1.29 is 9.47 Å². The molecular formula is C57H38N2O2. The molecule has 0 N–H and O–H groups in total. The van der Waals surface area contributed by atoms with Gasteiger partial charge in [0.05, 0.1) is 22.7 Å². The van der Waals surface area contributed by atoms with Gasteiger partial charge in [-0.3, -0.25) is 0 Å². The van der Waals surface area contributed by atoms with E-state index in [0.29, 0.717) is 0 Å². The molecule has 0 atom stereocenters. The zero-order valence-electron chi connectivity index (χ0n) is 33.3. The maximum absolute atomic E-state index is 6.39. The van der Waals surface area contributed by atoms with E-state index in [9.17, 15) is 0 Å². The van der Waals surface area contributed by atoms with Crippen molar-refractivity contribution >= 4 is 57.0 Å². The normalized spacial score (nSPS) is 14.7. The maximum atomic E-state index is 6.39. The first-order valence-electron chi connectivity index (χ1n) is 21.1. The SMILES string of the molecule is C(=C\c1ccc2cc(N3c4ccccc4Oc4ccccc43)ccc2c1)/c1ccc2c(c1)C1(Cc3ccccc3C1)c1cc(N3c4ccccc4Oc4ccccc43)ccc1-2. The molecule has 2 heterocycles. The lowest BCUT2D eigenvalue weighted by atomic mass is 9.75. The van der Waals surface area contributed by atoms with E-state index in [1.54, 1.807) is 0 Å². The predicted molar refractivity (Wildman–Crippen MR) is 249 cm³/mol. The summed E-state index contributed by atoms with van der Waals surface area (Å²) in [6.45, 7) is 0. The average Bonchev–Trinajstić information content (AvgIpc) is 3.83. The Kier molecular flexibility index (Phi) is 7.31. The lowest BCUT2D eigenvalue weighted by Crippen LogP contribution is -2.26. The second-order valence-electron chi connectivity index (χ2n) is 16.6. The van der Waals surface area contributed by atoms with Crippen LogP contribution in [-0.2, 0) is 18.3 Å². The molecule has 0 radical (unpaired) electrons. The van der Waals surface area contributed by atoms with Crippen molar-refractivity contribution in [1.82, 2.24) is 0 Å². The number of anilines is 6. The second kappa shape index (κ2) is 13.1. The van der Waals surface area contributed by atoms with E-state index in [1.165, 1.54) is 55.3 Å². The smallest absolute Gasteiger partial charge is 0.151 e. The van der Waals surface area contributed by atoms with Crippen molar-refractivity contribution in [3.05, 3.63) is 228 Å². The van der Waals surface area contributed by atoms with Gasteiger partial charge in [-0.15, -0.1) is 0 Å². The molecule has 0 amide bonds. The molecule has 4 heteroatoms. The quantitative estimate of drug-likeness (QED) is 0.166. The minimum absolute atomic E-state index is 0.165. The first kappa shape index (κ1) is 34.1. The van der Waals surface area contributed by atoms with E-state index in [1.807, 2.05) is 36.4 Å². The first-order valence-corrected chi connectivity index (χ1v) is 21.1. The van der Waals surface area contributed by atoms with Gasteiger partial charge < -0.3 is 19.3 Å². The summed E-state index contributed by atoms with van der Waals surface area (Å²) in [4.78, 5) is 4.66. The van der Waals surface area contributed by atoms with Crippen LogP contribution < -0.4 is 19.3 Å². The number of fused-ring (bicyclic) bond motifs is 11. The molecule has 0 saturated heterocycles. The van der Waals surface area contributed by atoms with Gasteiger partial charge in [-0.2, -0.15) is 0 Å². The number of para-hydroxylation sites is 8. The Morgan fingerprint density at radius 3 is 1.36 bits per heavy atom. The van der Waals surface area contributed by atoms with Gasteiger partial charge in [-0.1, -0.05) is 127 Å². The molecule has 2 aliphatic heterocycles. The van der Waals surface area contributed by atoms with Crippen molar-refractivity contribution in [1.29, 1.82) is 0 Å². The van der Waals surface area contributed by atoms with Crippen LogP contribution in [0.3, 0.4) is 0 Å². The average molecular weight is 783 g/mol. The van der Waals surface area contributed by atoms with Gasteiger partial charge in [0.1, 0.15) is 0 Å². The largest absolute Gasteiger partial charge is 0.453 e. The standard InChI is InChI=1S/C57H38N2O2/c1-2-12-42-36-57(35-41(42)11-1)47-32-38(24-29-45(47)46-30-28-44(34-48(46)57)59-51-15-5-9-19-55(51)61-56-20-10-6-16-52(56)59)22-21-37-23-25-40-33-43(27-26-39(40)31-37)58-49-13-3-7-17-53(49)60-54-18-8-4-14-50(54)58/h1-34H,35-36H2/b22-21+. The van der Waals surface area contributed by atoms with Gasteiger partial charge in [-0.05, 0) is 147 Å². The highest BCUT2D eigenvalue weighted by Crippen LogP contribution is 2.58. The van der Waals surface area contributed by atoms with Gasteiger partial charge in [-0.25, -0.2) is 0 Å². The topological polar surface area (TPSA) is 24.9 Å². The van der Waals surface area contributed by atoms with Gasteiger partial charge in [0.25, 0.3) is 0 Å². The third kappa shape index (κ3) is 5.25. The van der Waals surface area contributed by atoms with Gasteiger partial charge in [0.15, 0.2) is 23.0 Å². The predicted octanol–water partition coefficient (Wildman–Crippen LogP) is 15.2. The van der Waals surface area contributed by atoms with Crippen LogP contribution in [0.2, 0.25) is 0 Å². The highest BCUT2D eigenvalue weighted by atomic mass is 16.5. The number of nitrogens with zero attached hydrogens (tertiary/aromatic N) is 2. The van der Waals surface area contributed by atoms with Crippen LogP contribution in [0, 0.1) is 0 Å². The number of hydrogen-bond acceptors (Lipinski definition) is 4. The number of hydrogen-bond donors (Lipinski definition) is 0. The number of ether oxygens (including phenoxy) is 2. The maximum Gasteiger partial charge on any atom is 0.151 e. The van der Waals surface area contributed by atoms with Gasteiger partial charge in [0.2, 0.25) is 0 Å². The van der Waals surface area contributed by atoms with Crippen LogP contribution in [-0.4, -0.2) is 0 Å². The Bertz CT molecular complexity index is 3190. The van der Waals surface area contributed by atoms with Crippen molar-refractivity contribution in [3.8, 4) is 34.1 Å². The molecule has 0 aromatic heterocycles. The molecular weight excluding hydrogens is 745 g/mol. The first-order chi connectivity index (χ1) is 30.2. The van der Waals surface area contributed by atoms with Crippen LogP contribution in [0.4, 0.5) is 34.1 Å². The summed E-state index contributed by atoms with van der Waals surface area (Å²) in [6.07, 6.45) is 6.49. The van der Waals surface area contributed by atoms with E-state index >= 15 is 0 Å². The van der Waals surface area contributed by atoms with E-state index in [4.69, 9.17) is 9.47 Å². The van der Waals surface area contributed by atoms with Crippen molar-refractivity contribution in [3.63, 3.8) is 0 Å². The summed E-state index contributed by atoms with van der Waals surface area (Å²) in [5, 5.41) is 2.40. The second-order valence-corrected chi connectivity index (χ2v) is 16.6. The Hall–Kier alpha value is -7.82. The summed E-state index contributed by atoms with van der Waals surface area (Å²) in [7, 11) is 0. The zero-order valence-corrected chi connectivity index (χ0v) is 33.3. The molecule has 288 valence electrons. The Morgan fingerprint density at radius 1 is 0.377 bits per heavy atom. The Labute approximate surface area is 354 Å². The molecule has 0 bridgehead atoms. The summed E-state index contributed by atoms with van der Waals surface area (Å²) in [5.41, 5.74) is 17.0. The van der Waals surface area contributed by atoms with Gasteiger partial charge >= 0.3 is 0 Å². The van der Waals surface area contributed by atoms with Crippen molar-refractivity contribution in [2.45, 2.75) is 18.3 Å². The molecule has 1 spiro atoms. The molecule has 9 aromatic rings. The van der Waals surface area contributed by atoms with E-state index in [-0.39, 0.29) is 5.41 Å². The number of benzene rings is 9. The number of rotatable bonds is 4. The summed E-state index contributed by atoms with van der Waals surface area (Å²) >= 11 is 0. The third-order valence-electron chi connectivity index (χ3n) is 13.2. The van der Waals surface area contributed by atoms with Crippen LogP contribution in [0.1, 0.15) is 33.4 Å². The molecule has 13 rings (SSSR count). The summed E-state index contributed by atoms with van der Waals surface area (Å²) in [5.74, 6) is 3.45. The molecule has 4 nitrogen and oxygen atoms in total. The lowest BCUT2D eigenvalue weighted by molar-refractivity contribution is 0.476. The fraction of sp³-hybridized carbons (Fsp3) is 0.0526. The molecule has 0 saturated carbocycles. The fourth-order valence-electron chi connectivity index (χ4n) is 10.4. The van der Waals surface area contributed by atoms with Crippen LogP contribution in [0.25, 0.3) is 34.1 Å². The molecule has 9 aromatic carbocycles. The molecule has 2 aliphatic carbocycles. The fourth-order valence-corrected chi connectivity index (χ4v) is 10.4. The molecule has 0 fully saturated rings. The third-order valence-corrected chi connectivity index (χ3v) is 13.2. The van der Waals surface area contributed by atoms with Gasteiger partial charge in [0, 0.05) is 16.8 Å². The molecule has 61 heavy (non-hydrogen) atoms. The summed E-state index contributed by atoms with van der Waals surface area (Å²) in [6, 6.07) is 69.9. The van der Waals surface area contributed by atoms with E-state index in [0.717, 1.165) is 70.0 Å². The lowest BCUT2D eigenvalue weighted by Gasteiger charge is -2.34. The minimum Gasteiger partial charge on any atom is -0.453 e. The Balaban J connectivity index is 0.857. The van der Waals surface area contributed by atoms with E-state index < -0.39 is 0 Å². The van der Waals surface area contributed by atoms with E-state index in [2.05, 4.69) is 180 Å². The van der Waals surface area contributed by atoms with Crippen LogP contribution >= 0.6 is 0 Å². The highest BCUT2D eigenvalue weighted by Gasteiger charge is 2.47. The van der Waals surface area contributed by atoms with Crippen LogP contribution in [0.5, 0.6) is 23.0 Å².